The van der Waals surface area contributed by atoms with Crippen molar-refractivity contribution in [2.75, 3.05) is 5.32 Å². The van der Waals surface area contributed by atoms with E-state index in [2.05, 4.69) is 61.2 Å². The standard InChI is InChI=1S/C18H24BrN3O/c1-17(2,3)12-18(4,5)21-11-13(10-20)16(23)22-15-8-6-14(19)7-9-15/h6-9,11,21H,12H2,1-5H3,(H,22,23)/b13-11-. The van der Waals surface area contributed by atoms with Crippen molar-refractivity contribution in [3.63, 3.8) is 0 Å². The summed E-state index contributed by atoms with van der Waals surface area (Å²) < 4.78 is 0.928. The topological polar surface area (TPSA) is 64.9 Å². The Balaban J connectivity index is 2.77. The molecule has 1 aromatic carbocycles. The largest absolute Gasteiger partial charge is 0.385 e. The molecule has 0 bridgehead atoms. The summed E-state index contributed by atoms with van der Waals surface area (Å²) in [5.74, 6) is -0.422. The second kappa shape index (κ2) is 7.65. The summed E-state index contributed by atoms with van der Waals surface area (Å²) in [7, 11) is 0. The van der Waals surface area contributed by atoms with Crippen LogP contribution in [-0.2, 0) is 4.79 Å². The van der Waals surface area contributed by atoms with E-state index < -0.39 is 5.91 Å². The molecule has 0 aliphatic rings. The Labute approximate surface area is 147 Å². The van der Waals surface area contributed by atoms with E-state index in [1.807, 2.05) is 18.2 Å². The average molecular weight is 378 g/mol. The van der Waals surface area contributed by atoms with Crippen LogP contribution in [0.15, 0.2) is 40.5 Å². The monoisotopic (exact) mass is 377 g/mol. The van der Waals surface area contributed by atoms with Crippen LogP contribution in [-0.4, -0.2) is 11.4 Å². The van der Waals surface area contributed by atoms with Crippen LogP contribution in [0.1, 0.15) is 41.0 Å². The molecule has 0 radical (unpaired) electrons. The Kier molecular flexibility index (Phi) is 6.40. The Hall–Kier alpha value is -1.80. The zero-order valence-electron chi connectivity index (χ0n) is 14.3. The lowest BCUT2D eigenvalue weighted by Gasteiger charge is -2.33. The van der Waals surface area contributed by atoms with Crippen molar-refractivity contribution in [1.29, 1.82) is 5.26 Å². The third-order valence-corrected chi connectivity index (χ3v) is 3.58. The van der Waals surface area contributed by atoms with Gasteiger partial charge in [-0.05, 0) is 49.9 Å². The van der Waals surface area contributed by atoms with Gasteiger partial charge in [-0.2, -0.15) is 5.26 Å². The van der Waals surface area contributed by atoms with Crippen molar-refractivity contribution in [1.82, 2.24) is 5.32 Å². The number of benzene rings is 1. The van der Waals surface area contributed by atoms with Gasteiger partial charge < -0.3 is 10.6 Å². The van der Waals surface area contributed by atoms with Gasteiger partial charge in [0.25, 0.3) is 5.91 Å². The zero-order chi connectivity index (χ0) is 17.7. The molecule has 4 nitrogen and oxygen atoms in total. The number of rotatable bonds is 5. The van der Waals surface area contributed by atoms with Crippen molar-refractivity contribution in [3.8, 4) is 6.07 Å². The molecular formula is C18H24BrN3O. The van der Waals surface area contributed by atoms with Crippen LogP contribution in [0.25, 0.3) is 0 Å². The zero-order valence-corrected chi connectivity index (χ0v) is 15.9. The molecule has 1 aromatic rings. The number of hydrogen-bond donors (Lipinski definition) is 2. The highest BCUT2D eigenvalue weighted by Gasteiger charge is 2.24. The Morgan fingerprint density at radius 3 is 2.26 bits per heavy atom. The number of nitriles is 1. The molecule has 0 fully saturated rings. The van der Waals surface area contributed by atoms with Gasteiger partial charge in [0.1, 0.15) is 11.6 Å². The van der Waals surface area contributed by atoms with E-state index in [1.165, 1.54) is 6.20 Å². The van der Waals surface area contributed by atoms with E-state index in [0.29, 0.717) is 5.69 Å². The van der Waals surface area contributed by atoms with Gasteiger partial charge in [0.15, 0.2) is 0 Å². The smallest absolute Gasteiger partial charge is 0.267 e. The molecule has 2 N–H and O–H groups in total. The van der Waals surface area contributed by atoms with Crippen LogP contribution in [0.4, 0.5) is 5.69 Å². The van der Waals surface area contributed by atoms with E-state index in [0.717, 1.165) is 10.9 Å². The first-order chi connectivity index (χ1) is 10.5. The lowest BCUT2D eigenvalue weighted by Crippen LogP contribution is -2.39. The van der Waals surface area contributed by atoms with Gasteiger partial charge in [0.05, 0.1) is 0 Å². The van der Waals surface area contributed by atoms with Gasteiger partial charge >= 0.3 is 0 Å². The van der Waals surface area contributed by atoms with Crippen LogP contribution in [0, 0.1) is 16.7 Å². The normalized spacial score (nSPS) is 12.5. The lowest BCUT2D eigenvalue weighted by atomic mass is 9.82. The quantitative estimate of drug-likeness (QED) is 0.581. The third-order valence-electron chi connectivity index (χ3n) is 3.05. The second-order valence-electron chi connectivity index (χ2n) is 7.40. The Bertz CT molecular complexity index is 619. The molecule has 0 heterocycles. The van der Waals surface area contributed by atoms with Crippen LogP contribution in [0.2, 0.25) is 0 Å². The average Bonchev–Trinajstić information content (AvgIpc) is 2.39. The number of hydrogen-bond acceptors (Lipinski definition) is 3. The van der Waals surface area contributed by atoms with E-state index in [9.17, 15) is 10.1 Å². The van der Waals surface area contributed by atoms with Crippen LogP contribution in [0.5, 0.6) is 0 Å². The summed E-state index contributed by atoms with van der Waals surface area (Å²) in [5, 5.41) is 15.1. The number of nitrogens with zero attached hydrogens (tertiary/aromatic N) is 1. The minimum absolute atomic E-state index is 0.0508. The van der Waals surface area contributed by atoms with Crippen molar-refractivity contribution < 1.29 is 4.79 Å². The molecule has 0 aliphatic carbocycles. The first-order valence-electron chi connectivity index (χ1n) is 7.47. The fourth-order valence-electron chi connectivity index (χ4n) is 2.52. The van der Waals surface area contributed by atoms with Gasteiger partial charge in [0.2, 0.25) is 0 Å². The first-order valence-corrected chi connectivity index (χ1v) is 8.27. The van der Waals surface area contributed by atoms with Gasteiger partial charge in [-0.1, -0.05) is 36.7 Å². The van der Waals surface area contributed by atoms with E-state index >= 15 is 0 Å². The highest BCUT2D eigenvalue weighted by molar-refractivity contribution is 9.10. The number of amides is 1. The molecule has 1 amide bonds. The maximum absolute atomic E-state index is 12.2. The minimum Gasteiger partial charge on any atom is -0.385 e. The van der Waals surface area contributed by atoms with E-state index in [-0.39, 0.29) is 16.5 Å². The third kappa shape index (κ3) is 7.34. The Morgan fingerprint density at radius 2 is 1.78 bits per heavy atom. The number of carbonyl (C=O) groups excluding carboxylic acids is 1. The summed E-state index contributed by atoms with van der Waals surface area (Å²) in [6.07, 6.45) is 2.41. The van der Waals surface area contributed by atoms with Gasteiger partial charge in [-0.25, -0.2) is 0 Å². The van der Waals surface area contributed by atoms with Gasteiger partial charge in [-0.3, -0.25) is 4.79 Å². The SMILES string of the molecule is CC(C)(C)CC(C)(C)N/C=C(/C#N)C(=O)Nc1ccc(Br)cc1. The molecule has 0 saturated heterocycles. The van der Waals surface area contributed by atoms with E-state index in [4.69, 9.17) is 0 Å². The van der Waals surface area contributed by atoms with Gasteiger partial charge in [-0.15, -0.1) is 0 Å². The summed E-state index contributed by atoms with van der Waals surface area (Å²) in [5.41, 5.74) is 0.637. The molecule has 124 valence electrons. The fourth-order valence-corrected chi connectivity index (χ4v) is 2.79. The van der Waals surface area contributed by atoms with Crippen molar-refractivity contribution >= 4 is 27.5 Å². The molecule has 0 unspecified atom stereocenters. The summed E-state index contributed by atoms with van der Waals surface area (Å²) in [6, 6.07) is 9.15. The summed E-state index contributed by atoms with van der Waals surface area (Å²) >= 11 is 3.34. The molecule has 5 heteroatoms. The highest BCUT2D eigenvalue weighted by atomic mass is 79.9. The number of nitrogens with one attached hydrogen (secondary N) is 2. The molecule has 0 saturated carbocycles. The number of anilines is 1. The number of halogens is 1. The minimum atomic E-state index is -0.422. The van der Waals surface area contributed by atoms with Gasteiger partial charge in [0, 0.05) is 21.9 Å². The molecule has 0 atom stereocenters. The lowest BCUT2D eigenvalue weighted by molar-refractivity contribution is -0.112. The molecule has 0 spiro atoms. The maximum Gasteiger partial charge on any atom is 0.267 e. The Morgan fingerprint density at radius 1 is 1.22 bits per heavy atom. The molecule has 0 aromatic heterocycles. The van der Waals surface area contributed by atoms with Crippen LogP contribution >= 0.6 is 15.9 Å². The molecule has 1 rings (SSSR count). The maximum atomic E-state index is 12.2. The van der Waals surface area contributed by atoms with E-state index in [1.54, 1.807) is 12.1 Å². The first kappa shape index (κ1) is 19.2. The van der Waals surface area contributed by atoms with Crippen LogP contribution < -0.4 is 10.6 Å². The van der Waals surface area contributed by atoms with Crippen molar-refractivity contribution in [2.24, 2.45) is 5.41 Å². The van der Waals surface area contributed by atoms with Crippen molar-refractivity contribution in [2.45, 2.75) is 46.6 Å². The molecular weight excluding hydrogens is 354 g/mol. The fraction of sp³-hybridized carbons (Fsp3) is 0.444. The second-order valence-corrected chi connectivity index (χ2v) is 8.31. The predicted octanol–water partition coefficient (Wildman–Crippen LogP) is 4.60. The molecule has 0 aliphatic heterocycles. The molecule has 23 heavy (non-hydrogen) atoms. The summed E-state index contributed by atoms with van der Waals surface area (Å²) in [4.78, 5) is 12.2. The van der Waals surface area contributed by atoms with Crippen LogP contribution in [0.3, 0.4) is 0 Å². The van der Waals surface area contributed by atoms with Crippen molar-refractivity contribution in [3.05, 3.63) is 40.5 Å². The predicted molar refractivity (Wildman–Crippen MR) is 97.8 cm³/mol. The number of carbonyl (C=O) groups is 1. The highest BCUT2D eigenvalue weighted by Crippen LogP contribution is 2.26. The summed E-state index contributed by atoms with van der Waals surface area (Å²) in [6.45, 7) is 10.6.